The molecule has 0 spiro atoms. The van der Waals surface area contributed by atoms with Crippen molar-refractivity contribution >= 4 is 22.6 Å². The molecule has 2 unspecified atom stereocenters. The average molecular weight is 291 g/mol. The maximum Gasteiger partial charge on any atom is 0.227 e. The Kier molecular flexibility index (Phi) is 2.96. The second kappa shape index (κ2) is 4.98. The molecule has 1 saturated carbocycles. The molecule has 2 aromatic carbocycles. The van der Waals surface area contributed by atoms with Crippen LogP contribution in [0.2, 0.25) is 0 Å². The minimum absolute atomic E-state index is 0.133. The Balaban J connectivity index is 1.58. The number of carbonyl (C=O) groups excluding carboxylic acids is 1. The summed E-state index contributed by atoms with van der Waals surface area (Å²) < 4.78 is 2.05. The average Bonchev–Trinajstić information content (AvgIpc) is 3.12. The number of rotatable bonds is 3. The Bertz CT molecular complexity index is 835. The number of amides is 1. The third-order valence-electron chi connectivity index (χ3n) is 4.31. The largest absolute Gasteiger partial charge is 0.326 e. The molecule has 22 heavy (non-hydrogen) atoms. The van der Waals surface area contributed by atoms with Crippen molar-refractivity contribution in [2.24, 2.45) is 11.8 Å². The molecule has 4 rings (SSSR count). The molecule has 1 N–H and O–H groups in total. The molecule has 0 radical (unpaired) electrons. The summed E-state index contributed by atoms with van der Waals surface area (Å²) in [6.07, 6.45) is 2.83. The van der Waals surface area contributed by atoms with Gasteiger partial charge >= 0.3 is 0 Å². The Hall–Kier alpha value is -2.62. The first-order valence-electron chi connectivity index (χ1n) is 7.56. The van der Waals surface area contributed by atoms with Crippen molar-refractivity contribution in [2.75, 3.05) is 5.32 Å². The third-order valence-corrected chi connectivity index (χ3v) is 4.31. The molecule has 0 bridgehead atoms. The summed E-state index contributed by atoms with van der Waals surface area (Å²) in [5.74, 6) is 0.849. The van der Waals surface area contributed by atoms with Crippen LogP contribution in [0.3, 0.4) is 0 Å². The van der Waals surface area contributed by atoms with Crippen molar-refractivity contribution in [3.63, 3.8) is 0 Å². The maximum atomic E-state index is 11.9. The van der Waals surface area contributed by atoms with Gasteiger partial charge < -0.3 is 5.32 Å². The predicted octanol–water partition coefficient (Wildman–Crippen LogP) is 3.62. The van der Waals surface area contributed by atoms with Crippen LogP contribution in [0.15, 0.2) is 54.9 Å². The SMILES string of the molecule is CC1CC1C(=O)Nc1ccc(-n2cnc3ccccc32)cc1. The number of carbonyl (C=O) groups is 1. The zero-order valence-corrected chi connectivity index (χ0v) is 12.4. The highest BCUT2D eigenvalue weighted by Crippen LogP contribution is 2.38. The van der Waals surface area contributed by atoms with Crippen LogP contribution < -0.4 is 5.32 Å². The van der Waals surface area contributed by atoms with Crippen molar-refractivity contribution in [2.45, 2.75) is 13.3 Å². The first-order valence-corrected chi connectivity index (χ1v) is 7.56. The number of benzene rings is 2. The van der Waals surface area contributed by atoms with Gasteiger partial charge in [-0.15, -0.1) is 0 Å². The van der Waals surface area contributed by atoms with Gasteiger partial charge in [-0.3, -0.25) is 9.36 Å². The van der Waals surface area contributed by atoms with Crippen molar-refractivity contribution in [3.05, 3.63) is 54.9 Å². The summed E-state index contributed by atoms with van der Waals surface area (Å²) in [5.41, 5.74) is 3.93. The fourth-order valence-electron chi connectivity index (χ4n) is 2.79. The third kappa shape index (κ3) is 2.26. The number of imidazole rings is 1. The number of anilines is 1. The molecule has 1 aliphatic carbocycles. The Morgan fingerprint density at radius 3 is 2.64 bits per heavy atom. The summed E-state index contributed by atoms with van der Waals surface area (Å²) in [5, 5.41) is 2.98. The molecule has 1 heterocycles. The van der Waals surface area contributed by atoms with Gasteiger partial charge in [-0.05, 0) is 48.7 Å². The van der Waals surface area contributed by atoms with Crippen molar-refractivity contribution in [3.8, 4) is 5.69 Å². The first-order chi connectivity index (χ1) is 10.7. The van der Waals surface area contributed by atoms with Crippen LogP contribution in [0.5, 0.6) is 0 Å². The summed E-state index contributed by atoms with van der Waals surface area (Å²) in [6.45, 7) is 2.11. The number of nitrogens with zero attached hydrogens (tertiary/aromatic N) is 2. The lowest BCUT2D eigenvalue weighted by atomic mass is 10.2. The van der Waals surface area contributed by atoms with Gasteiger partial charge in [0.1, 0.15) is 6.33 Å². The highest BCUT2D eigenvalue weighted by Gasteiger charge is 2.38. The molecular weight excluding hydrogens is 274 g/mol. The van der Waals surface area contributed by atoms with E-state index in [4.69, 9.17) is 0 Å². The predicted molar refractivity (Wildman–Crippen MR) is 87.0 cm³/mol. The second-order valence-corrected chi connectivity index (χ2v) is 5.96. The van der Waals surface area contributed by atoms with E-state index in [0.29, 0.717) is 5.92 Å². The van der Waals surface area contributed by atoms with Crippen LogP contribution in [0, 0.1) is 11.8 Å². The molecule has 110 valence electrons. The lowest BCUT2D eigenvalue weighted by Gasteiger charge is -2.07. The van der Waals surface area contributed by atoms with E-state index < -0.39 is 0 Å². The van der Waals surface area contributed by atoms with Gasteiger partial charge in [-0.25, -0.2) is 4.98 Å². The van der Waals surface area contributed by atoms with Gasteiger partial charge in [0.05, 0.1) is 11.0 Å². The molecule has 2 atom stereocenters. The fraction of sp³-hybridized carbons (Fsp3) is 0.222. The smallest absolute Gasteiger partial charge is 0.227 e. The van der Waals surface area contributed by atoms with E-state index >= 15 is 0 Å². The van der Waals surface area contributed by atoms with E-state index in [9.17, 15) is 4.79 Å². The van der Waals surface area contributed by atoms with E-state index in [0.717, 1.165) is 28.8 Å². The van der Waals surface area contributed by atoms with Crippen LogP contribution >= 0.6 is 0 Å². The molecule has 1 aliphatic rings. The lowest BCUT2D eigenvalue weighted by molar-refractivity contribution is -0.117. The summed E-state index contributed by atoms with van der Waals surface area (Å²) >= 11 is 0. The maximum absolute atomic E-state index is 11.9. The Labute approximate surface area is 128 Å². The fourth-order valence-corrected chi connectivity index (χ4v) is 2.79. The number of fused-ring (bicyclic) bond motifs is 1. The number of para-hydroxylation sites is 2. The Morgan fingerprint density at radius 2 is 1.91 bits per heavy atom. The topological polar surface area (TPSA) is 46.9 Å². The van der Waals surface area contributed by atoms with Crippen LogP contribution in [-0.4, -0.2) is 15.5 Å². The van der Waals surface area contributed by atoms with E-state index in [-0.39, 0.29) is 11.8 Å². The monoisotopic (exact) mass is 291 g/mol. The Morgan fingerprint density at radius 1 is 1.18 bits per heavy atom. The van der Waals surface area contributed by atoms with Gasteiger partial charge in [0.25, 0.3) is 0 Å². The number of nitrogens with one attached hydrogen (secondary N) is 1. The standard InChI is InChI=1S/C18H17N3O/c1-12-10-15(12)18(22)20-13-6-8-14(9-7-13)21-11-19-16-4-2-3-5-17(16)21/h2-9,11-12,15H,10H2,1H3,(H,20,22). The van der Waals surface area contributed by atoms with Crippen LogP contribution in [-0.2, 0) is 4.79 Å². The zero-order chi connectivity index (χ0) is 15.1. The van der Waals surface area contributed by atoms with Gasteiger partial charge in [0.2, 0.25) is 5.91 Å². The molecule has 1 fully saturated rings. The van der Waals surface area contributed by atoms with E-state index in [1.54, 1.807) is 0 Å². The van der Waals surface area contributed by atoms with Crippen LogP contribution in [0.25, 0.3) is 16.7 Å². The van der Waals surface area contributed by atoms with Crippen LogP contribution in [0.1, 0.15) is 13.3 Å². The number of hydrogen-bond acceptors (Lipinski definition) is 2. The lowest BCUT2D eigenvalue weighted by Crippen LogP contribution is -2.14. The minimum atomic E-state index is 0.133. The number of aromatic nitrogens is 2. The van der Waals surface area contributed by atoms with Gasteiger partial charge in [0, 0.05) is 17.3 Å². The van der Waals surface area contributed by atoms with E-state index in [2.05, 4.69) is 17.2 Å². The second-order valence-electron chi connectivity index (χ2n) is 5.96. The van der Waals surface area contributed by atoms with Crippen molar-refractivity contribution in [1.29, 1.82) is 0 Å². The molecule has 4 nitrogen and oxygen atoms in total. The molecule has 3 aromatic rings. The van der Waals surface area contributed by atoms with E-state index in [1.807, 2.05) is 59.4 Å². The first kappa shape index (κ1) is 13.1. The molecule has 1 aromatic heterocycles. The van der Waals surface area contributed by atoms with Gasteiger partial charge in [0.15, 0.2) is 0 Å². The summed E-state index contributed by atoms with van der Waals surface area (Å²) in [7, 11) is 0. The molecular formula is C18H17N3O. The molecule has 0 aliphatic heterocycles. The van der Waals surface area contributed by atoms with Gasteiger partial charge in [-0.1, -0.05) is 19.1 Å². The minimum Gasteiger partial charge on any atom is -0.326 e. The highest BCUT2D eigenvalue weighted by molar-refractivity contribution is 5.94. The van der Waals surface area contributed by atoms with Crippen molar-refractivity contribution in [1.82, 2.24) is 9.55 Å². The normalized spacial score (nSPS) is 20.0. The van der Waals surface area contributed by atoms with Crippen molar-refractivity contribution < 1.29 is 4.79 Å². The quantitative estimate of drug-likeness (QED) is 0.801. The summed E-state index contributed by atoms with van der Waals surface area (Å²) in [4.78, 5) is 16.3. The number of hydrogen-bond donors (Lipinski definition) is 1. The molecule has 0 saturated heterocycles. The van der Waals surface area contributed by atoms with E-state index in [1.165, 1.54) is 0 Å². The summed E-state index contributed by atoms with van der Waals surface area (Å²) in [6, 6.07) is 15.9. The highest BCUT2D eigenvalue weighted by atomic mass is 16.2. The zero-order valence-electron chi connectivity index (χ0n) is 12.4. The molecule has 4 heteroatoms. The van der Waals surface area contributed by atoms with Crippen LogP contribution in [0.4, 0.5) is 5.69 Å². The molecule has 1 amide bonds. The van der Waals surface area contributed by atoms with Gasteiger partial charge in [-0.2, -0.15) is 0 Å².